The molecule has 0 spiro atoms. The Labute approximate surface area is 126 Å². The van der Waals surface area contributed by atoms with E-state index in [4.69, 9.17) is 4.74 Å². The minimum atomic E-state index is -0.760. The number of ether oxygens (including phenoxy) is 1. The molecular formula is C15H26N2O4. The third-order valence-electron chi connectivity index (χ3n) is 4.70. The van der Waals surface area contributed by atoms with Gasteiger partial charge in [-0.1, -0.05) is 0 Å². The lowest BCUT2D eigenvalue weighted by Gasteiger charge is -2.40. The van der Waals surface area contributed by atoms with Gasteiger partial charge in [0.25, 0.3) is 0 Å². The molecule has 2 heterocycles. The molecule has 2 fully saturated rings. The van der Waals surface area contributed by atoms with E-state index in [1.165, 1.54) is 0 Å². The average Bonchev–Trinajstić information content (AvgIpc) is 2.48. The van der Waals surface area contributed by atoms with Crippen molar-refractivity contribution in [3.63, 3.8) is 0 Å². The lowest BCUT2D eigenvalue weighted by atomic mass is 9.80. The molecule has 0 saturated carbocycles. The fourth-order valence-electron chi connectivity index (χ4n) is 3.09. The van der Waals surface area contributed by atoms with Crippen molar-refractivity contribution < 1.29 is 19.4 Å². The molecule has 0 aliphatic carbocycles. The minimum absolute atomic E-state index is 0.0341. The lowest BCUT2D eigenvalue weighted by molar-refractivity contribution is -0.150. The van der Waals surface area contributed by atoms with Crippen molar-refractivity contribution in [2.24, 2.45) is 5.41 Å². The molecule has 6 nitrogen and oxygen atoms in total. The van der Waals surface area contributed by atoms with Crippen molar-refractivity contribution in [1.82, 2.24) is 9.80 Å². The number of likely N-dealkylation sites (tertiary alicyclic amines) is 2. The highest BCUT2D eigenvalue weighted by Gasteiger charge is 2.39. The number of aliphatic carboxylic acids is 1. The monoisotopic (exact) mass is 298 g/mol. The Morgan fingerprint density at radius 1 is 1.24 bits per heavy atom. The average molecular weight is 298 g/mol. The fraction of sp³-hybridized carbons (Fsp3) is 0.867. The van der Waals surface area contributed by atoms with Crippen molar-refractivity contribution in [3.8, 4) is 0 Å². The number of nitrogens with zero attached hydrogens (tertiary/aromatic N) is 2. The number of rotatable bonds is 3. The van der Waals surface area contributed by atoms with Gasteiger partial charge in [0.15, 0.2) is 0 Å². The van der Waals surface area contributed by atoms with Crippen LogP contribution in [0.5, 0.6) is 0 Å². The number of urea groups is 1. The van der Waals surface area contributed by atoms with Crippen LogP contribution >= 0.6 is 0 Å². The highest BCUT2D eigenvalue weighted by molar-refractivity contribution is 5.77. The van der Waals surface area contributed by atoms with Crippen LogP contribution in [-0.2, 0) is 9.53 Å². The maximum absolute atomic E-state index is 12.5. The van der Waals surface area contributed by atoms with E-state index >= 15 is 0 Å². The van der Waals surface area contributed by atoms with Gasteiger partial charge >= 0.3 is 12.0 Å². The number of carbonyl (C=O) groups excluding carboxylic acids is 1. The summed E-state index contributed by atoms with van der Waals surface area (Å²) in [6.45, 7) is 6.89. The Hall–Kier alpha value is -1.30. The Bertz CT molecular complexity index is 389. The highest BCUT2D eigenvalue weighted by Crippen LogP contribution is 2.31. The first kappa shape index (κ1) is 16.1. The summed E-state index contributed by atoms with van der Waals surface area (Å²) in [4.78, 5) is 27.4. The summed E-state index contributed by atoms with van der Waals surface area (Å²) >= 11 is 0. The zero-order chi connectivity index (χ0) is 15.5. The standard InChI is InChI=1S/C15H26N2O4/c1-3-21-12-5-4-8-17(11-12)14(20)16-9-6-15(2,7-10-16)13(18)19/h12H,3-11H2,1-2H3,(H,18,19). The quantitative estimate of drug-likeness (QED) is 0.862. The van der Waals surface area contributed by atoms with E-state index in [1.54, 1.807) is 11.8 Å². The number of hydrogen-bond donors (Lipinski definition) is 1. The number of amides is 2. The number of carboxylic acid groups (broad SMARTS) is 1. The summed E-state index contributed by atoms with van der Waals surface area (Å²) in [6.07, 6.45) is 3.17. The number of carbonyl (C=O) groups is 2. The number of piperidine rings is 2. The predicted octanol–water partition coefficient (Wildman–Crippen LogP) is 1.79. The van der Waals surface area contributed by atoms with E-state index in [2.05, 4.69) is 0 Å². The van der Waals surface area contributed by atoms with Gasteiger partial charge in [-0.2, -0.15) is 0 Å². The Balaban J connectivity index is 1.88. The van der Waals surface area contributed by atoms with E-state index in [1.807, 2.05) is 11.8 Å². The van der Waals surface area contributed by atoms with Crippen molar-refractivity contribution in [2.45, 2.75) is 45.6 Å². The van der Waals surface area contributed by atoms with Crippen molar-refractivity contribution in [2.75, 3.05) is 32.8 Å². The first-order valence-corrected chi connectivity index (χ1v) is 7.85. The lowest BCUT2D eigenvalue weighted by Crippen LogP contribution is -2.53. The van der Waals surface area contributed by atoms with E-state index in [-0.39, 0.29) is 12.1 Å². The second-order valence-electron chi connectivity index (χ2n) is 6.30. The van der Waals surface area contributed by atoms with Gasteiger partial charge in [0.1, 0.15) is 0 Å². The van der Waals surface area contributed by atoms with Crippen LogP contribution in [0.1, 0.15) is 39.5 Å². The van der Waals surface area contributed by atoms with Gasteiger partial charge in [-0.25, -0.2) is 4.79 Å². The smallest absolute Gasteiger partial charge is 0.320 e. The Morgan fingerprint density at radius 2 is 1.90 bits per heavy atom. The van der Waals surface area contributed by atoms with Gasteiger partial charge in [-0.05, 0) is 39.5 Å². The van der Waals surface area contributed by atoms with Gasteiger partial charge in [-0.15, -0.1) is 0 Å². The number of hydrogen-bond acceptors (Lipinski definition) is 3. The van der Waals surface area contributed by atoms with Crippen molar-refractivity contribution >= 4 is 12.0 Å². The largest absolute Gasteiger partial charge is 0.481 e. The molecule has 1 atom stereocenters. The molecule has 6 heteroatoms. The summed E-state index contributed by atoms with van der Waals surface area (Å²) in [6, 6.07) is 0.0341. The topological polar surface area (TPSA) is 70.1 Å². The molecule has 0 radical (unpaired) electrons. The zero-order valence-electron chi connectivity index (χ0n) is 13.0. The zero-order valence-corrected chi connectivity index (χ0v) is 13.0. The summed E-state index contributed by atoms with van der Waals surface area (Å²) in [5.74, 6) is -0.760. The summed E-state index contributed by atoms with van der Waals surface area (Å²) < 4.78 is 5.62. The fourth-order valence-corrected chi connectivity index (χ4v) is 3.09. The van der Waals surface area contributed by atoms with Crippen LogP contribution in [0.3, 0.4) is 0 Å². The van der Waals surface area contributed by atoms with Crippen LogP contribution < -0.4 is 0 Å². The minimum Gasteiger partial charge on any atom is -0.481 e. The summed E-state index contributed by atoms with van der Waals surface area (Å²) in [5, 5.41) is 9.23. The van der Waals surface area contributed by atoms with Crippen LogP contribution in [-0.4, -0.2) is 65.8 Å². The van der Waals surface area contributed by atoms with Gasteiger partial charge in [0, 0.05) is 32.8 Å². The van der Waals surface area contributed by atoms with Crippen molar-refractivity contribution in [1.29, 1.82) is 0 Å². The van der Waals surface area contributed by atoms with E-state index in [9.17, 15) is 14.7 Å². The van der Waals surface area contributed by atoms with Crippen LogP contribution in [0.4, 0.5) is 4.79 Å². The van der Waals surface area contributed by atoms with Crippen LogP contribution in [0, 0.1) is 5.41 Å². The van der Waals surface area contributed by atoms with Crippen LogP contribution in [0.25, 0.3) is 0 Å². The first-order chi connectivity index (χ1) is 9.96. The molecule has 0 aromatic rings. The van der Waals surface area contributed by atoms with Gasteiger partial charge in [0.2, 0.25) is 0 Å². The van der Waals surface area contributed by atoms with E-state index < -0.39 is 11.4 Å². The van der Waals surface area contributed by atoms with Crippen molar-refractivity contribution in [3.05, 3.63) is 0 Å². The van der Waals surface area contributed by atoms with E-state index in [0.29, 0.717) is 39.1 Å². The first-order valence-electron chi connectivity index (χ1n) is 7.85. The normalized spacial score (nSPS) is 25.7. The van der Waals surface area contributed by atoms with Gasteiger partial charge < -0.3 is 19.6 Å². The molecule has 2 amide bonds. The Morgan fingerprint density at radius 3 is 2.48 bits per heavy atom. The molecule has 21 heavy (non-hydrogen) atoms. The number of carboxylic acids is 1. The molecule has 1 N–H and O–H groups in total. The maximum atomic E-state index is 12.5. The predicted molar refractivity (Wildman–Crippen MR) is 78.2 cm³/mol. The molecule has 0 aromatic heterocycles. The molecule has 2 aliphatic rings. The van der Waals surface area contributed by atoms with Gasteiger partial charge in [0.05, 0.1) is 11.5 Å². The maximum Gasteiger partial charge on any atom is 0.320 e. The molecule has 1 unspecified atom stereocenters. The third kappa shape index (κ3) is 3.67. The molecule has 2 rings (SSSR count). The molecular weight excluding hydrogens is 272 g/mol. The van der Waals surface area contributed by atoms with Gasteiger partial charge in [-0.3, -0.25) is 4.79 Å². The molecule has 2 aliphatic heterocycles. The SMILES string of the molecule is CCOC1CCCN(C(=O)N2CCC(C)(C(=O)O)CC2)C1. The summed E-state index contributed by atoms with van der Waals surface area (Å²) in [5.41, 5.74) is -0.688. The molecule has 2 saturated heterocycles. The van der Waals surface area contributed by atoms with E-state index in [0.717, 1.165) is 19.4 Å². The van der Waals surface area contributed by atoms with Crippen LogP contribution in [0.2, 0.25) is 0 Å². The Kier molecular flexibility index (Phi) is 5.08. The highest BCUT2D eigenvalue weighted by atomic mass is 16.5. The summed E-state index contributed by atoms with van der Waals surface area (Å²) in [7, 11) is 0. The second kappa shape index (κ2) is 6.64. The molecule has 0 aromatic carbocycles. The van der Waals surface area contributed by atoms with Crippen LogP contribution in [0.15, 0.2) is 0 Å². The third-order valence-corrected chi connectivity index (χ3v) is 4.70. The molecule has 0 bridgehead atoms. The molecule has 120 valence electrons. The second-order valence-corrected chi connectivity index (χ2v) is 6.30.